The molecule has 0 saturated carbocycles. The zero-order chi connectivity index (χ0) is 15.4. The van der Waals surface area contributed by atoms with E-state index in [4.69, 9.17) is 11.5 Å². The molecule has 0 atom stereocenters. The minimum atomic E-state index is 0.813. The Kier molecular flexibility index (Phi) is 4.10. The van der Waals surface area contributed by atoms with Gasteiger partial charge in [0.15, 0.2) is 0 Å². The monoisotopic (exact) mass is 288 g/mol. The first-order valence-corrected chi connectivity index (χ1v) is 7.46. The molecule has 0 bridgehead atoms. The fraction of sp³-hybridized carbons (Fsp3) is 0.100. The van der Waals surface area contributed by atoms with Crippen LogP contribution in [0.5, 0.6) is 0 Å². The van der Waals surface area contributed by atoms with Gasteiger partial charge in [0.1, 0.15) is 0 Å². The van der Waals surface area contributed by atoms with E-state index in [1.807, 2.05) is 36.4 Å². The van der Waals surface area contributed by atoms with Gasteiger partial charge in [-0.15, -0.1) is 0 Å². The molecule has 3 aromatic rings. The molecule has 3 rings (SSSR count). The summed E-state index contributed by atoms with van der Waals surface area (Å²) in [4.78, 5) is 0. The summed E-state index contributed by atoms with van der Waals surface area (Å²) in [5.41, 5.74) is 18.4. The molecule has 0 aliphatic carbocycles. The summed E-state index contributed by atoms with van der Waals surface area (Å²) in [7, 11) is 0. The van der Waals surface area contributed by atoms with E-state index in [0.29, 0.717) is 0 Å². The molecular formula is C20H20N2. The van der Waals surface area contributed by atoms with Gasteiger partial charge < -0.3 is 11.5 Å². The molecule has 110 valence electrons. The van der Waals surface area contributed by atoms with Gasteiger partial charge in [0, 0.05) is 11.4 Å². The van der Waals surface area contributed by atoms with Crippen molar-refractivity contribution in [2.75, 3.05) is 11.5 Å². The van der Waals surface area contributed by atoms with E-state index in [2.05, 4.69) is 36.4 Å². The lowest BCUT2D eigenvalue weighted by atomic mass is 9.99. The summed E-state index contributed by atoms with van der Waals surface area (Å²) in [6.45, 7) is 0. The van der Waals surface area contributed by atoms with E-state index >= 15 is 0 Å². The van der Waals surface area contributed by atoms with Gasteiger partial charge in [0.25, 0.3) is 0 Å². The third-order valence-corrected chi connectivity index (χ3v) is 3.71. The van der Waals surface area contributed by atoms with Crippen molar-refractivity contribution >= 4 is 11.4 Å². The van der Waals surface area contributed by atoms with E-state index in [1.54, 1.807) is 0 Å². The molecule has 0 aliphatic rings. The van der Waals surface area contributed by atoms with Gasteiger partial charge in [-0.05, 0) is 59.4 Å². The summed E-state index contributed by atoms with van der Waals surface area (Å²) in [5, 5.41) is 0. The van der Waals surface area contributed by atoms with Crippen molar-refractivity contribution < 1.29 is 0 Å². The van der Waals surface area contributed by atoms with Gasteiger partial charge in [-0.25, -0.2) is 0 Å². The second kappa shape index (κ2) is 6.35. The lowest BCUT2D eigenvalue weighted by Gasteiger charge is -2.07. The Hall–Kier alpha value is -2.74. The molecule has 4 N–H and O–H groups in total. The number of nitrogens with two attached hydrogens (primary N) is 2. The number of hydrogen-bond donors (Lipinski definition) is 2. The Morgan fingerprint density at radius 1 is 0.500 bits per heavy atom. The SMILES string of the molecule is Nc1cccc(Cc2cccc(Cc3cccc(N)c3)c2)c1. The van der Waals surface area contributed by atoms with Crippen LogP contribution in [0.1, 0.15) is 22.3 Å². The van der Waals surface area contributed by atoms with Crippen LogP contribution in [0, 0.1) is 0 Å². The Morgan fingerprint density at radius 3 is 1.27 bits per heavy atom. The maximum Gasteiger partial charge on any atom is 0.0316 e. The third-order valence-electron chi connectivity index (χ3n) is 3.71. The maximum absolute atomic E-state index is 5.85. The van der Waals surface area contributed by atoms with Crippen LogP contribution in [0.3, 0.4) is 0 Å². The largest absolute Gasteiger partial charge is 0.399 e. The molecule has 0 aliphatic heterocycles. The lowest BCUT2D eigenvalue weighted by molar-refractivity contribution is 1.14. The topological polar surface area (TPSA) is 52.0 Å². The Balaban J connectivity index is 1.78. The van der Waals surface area contributed by atoms with Gasteiger partial charge in [0.05, 0.1) is 0 Å². The number of hydrogen-bond acceptors (Lipinski definition) is 2. The molecule has 0 radical (unpaired) electrons. The lowest BCUT2D eigenvalue weighted by Crippen LogP contribution is -1.94. The van der Waals surface area contributed by atoms with Crippen LogP contribution in [0.25, 0.3) is 0 Å². The van der Waals surface area contributed by atoms with Crippen molar-refractivity contribution in [3.63, 3.8) is 0 Å². The minimum Gasteiger partial charge on any atom is -0.399 e. The van der Waals surface area contributed by atoms with Crippen LogP contribution in [0.15, 0.2) is 72.8 Å². The number of rotatable bonds is 4. The summed E-state index contributed by atoms with van der Waals surface area (Å²) < 4.78 is 0. The first kappa shape index (κ1) is 14.2. The van der Waals surface area contributed by atoms with Crippen LogP contribution >= 0.6 is 0 Å². The molecule has 0 fully saturated rings. The third kappa shape index (κ3) is 3.67. The summed E-state index contributed by atoms with van der Waals surface area (Å²) in [6.07, 6.45) is 1.80. The maximum atomic E-state index is 5.85. The van der Waals surface area contributed by atoms with Crippen LogP contribution in [0.2, 0.25) is 0 Å². The quantitative estimate of drug-likeness (QED) is 0.712. The van der Waals surface area contributed by atoms with Crippen LogP contribution in [0.4, 0.5) is 11.4 Å². The summed E-state index contributed by atoms with van der Waals surface area (Å²) in [5.74, 6) is 0. The predicted octanol–water partition coefficient (Wildman–Crippen LogP) is 4.03. The smallest absolute Gasteiger partial charge is 0.0316 e. The predicted molar refractivity (Wildman–Crippen MR) is 93.8 cm³/mol. The molecule has 0 unspecified atom stereocenters. The molecule has 0 spiro atoms. The number of nitrogen functional groups attached to an aromatic ring is 2. The summed E-state index contributed by atoms with van der Waals surface area (Å²) >= 11 is 0. The molecule has 0 saturated heterocycles. The first-order chi connectivity index (χ1) is 10.7. The highest BCUT2D eigenvalue weighted by Crippen LogP contribution is 2.17. The molecule has 0 aromatic heterocycles. The van der Waals surface area contributed by atoms with Crippen LogP contribution < -0.4 is 11.5 Å². The van der Waals surface area contributed by atoms with Crippen molar-refractivity contribution in [3.8, 4) is 0 Å². The van der Waals surface area contributed by atoms with Crippen molar-refractivity contribution in [2.45, 2.75) is 12.8 Å². The molecule has 3 aromatic carbocycles. The molecule has 2 heteroatoms. The van der Waals surface area contributed by atoms with Gasteiger partial charge in [-0.1, -0.05) is 48.5 Å². The highest BCUT2D eigenvalue weighted by atomic mass is 14.5. The zero-order valence-corrected chi connectivity index (χ0v) is 12.5. The minimum absolute atomic E-state index is 0.813. The van der Waals surface area contributed by atoms with E-state index in [-0.39, 0.29) is 0 Å². The average molecular weight is 288 g/mol. The highest BCUT2D eigenvalue weighted by Gasteiger charge is 2.01. The van der Waals surface area contributed by atoms with E-state index in [1.165, 1.54) is 22.3 Å². The fourth-order valence-electron chi connectivity index (χ4n) is 2.73. The molecule has 0 heterocycles. The van der Waals surface area contributed by atoms with E-state index in [0.717, 1.165) is 24.2 Å². The van der Waals surface area contributed by atoms with Gasteiger partial charge in [-0.2, -0.15) is 0 Å². The highest BCUT2D eigenvalue weighted by molar-refractivity contribution is 5.44. The Labute approximate surface area is 131 Å². The zero-order valence-electron chi connectivity index (χ0n) is 12.5. The molecular weight excluding hydrogens is 268 g/mol. The van der Waals surface area contributed by atoms with Gasteiger partial charge in [-0.3, -0.25) is 0 Å². The van der Waals surface area contributed by atoms with Gasteiger partial charge >= 0.3 is 0 Å². The fourth-order valence-corrected chi connectivity index (χ4v) is 2.73. The number of benzene rings is 3. The average Bonchev–Trinajstić information content (AvgIpc) is 2.47. The van der Waals surface area contributed by atoms with Crippen molar-refractivity contribution in [1.29, 1.82) is 0 Å². The Morgan fingerprint density at radius 2 is 0.864 bits per heavy atom. The standard InChI is InChI=1S/C20H20N2/c21-19-8-2-6-17(13-19)11-15-4-1-5-16(10-15)12-18-7-3-9-20(22)14-18/h1-10,13-14H,11-12,21-22H2. The number of anilines is 2. The van der Waals surface area contributed by atoms with E-state index < -0.39 is 0 Å². The van der Waals surface area contributed by atoms with Gasteiger partial charge in [0.2, 0.25) is 0 Å². The first-order valence-electron chi connectivity index (χ1n) is 7.46. The second-order valence-corrected chi connectivity index (χ2v) is 5.66. The molecule has 0 amide bonds. The molecule has 2 nitrogen and oxygen atoms in total. The van der Waals surface area contributed by atoms with Crippen molar-refractivity contribution in [3.05, 3.63) is 95.1 Å². The normalized spacial score (nSPS) is 10.5. The second-order valence-electron chi connectivity index (χ2n) is 5.66. The summed E-state index contributed by atoms with van der Waals surface area (Å²) in [6, 6.07) is 24.8. The molecule has 22 heavy (non-hydrogen) atoms. The van der Waals surface area contributed by atoms with Crippen molar-refractivity contribution in [2.24, 2.45) is 0 Å². The van der Waals surface area contributed by atoms with Crippen LogP contribution in [-0.4, -0.2) is 0 Å². The van der Waals surface area contributed by atoms with E-state index in [9.17, 15) is 0 Å². The Bertz CT molecular complexity index is 715. The van der Waals surface area contributed by atoms with Crippen LogP contribution in [-0.2, 0) is 12.8 Å². The van der Waals surface area contributed by atoms with Crippen molar-refractivity contribution in [1.82, 2.24) is 0 Å².